The van der Waals surface area contributed by atoms with Crippen LogP contribution in [-0.4, -0.2) is 53.5 Å². The summed E-state index contributed by atoms with van der Waals surface area (Å²) in [5, 5.41) is 9.13. The summed E-state index contributed by atoms with van der Waals surface area (Å²) in [6.07, 6.45) is 3.76. The first-order valence-electron chi connectivity index (χ1n) is 5.76. The second-order valence-corrected chi connectivity index (χ2v) is 4.29. The fraction of sp³-hybridized carbons (Fsp3) is 0.417. The van der Waals surface area contributed by atoms with Crippen LogP contribution >= 0.6 is 0 Å². The number of carboxylic acids is 1. The van der Waals surface area contributed by atoms with Crippen molar-refractivity contribution in [2.24, 2.45) is 0 Å². The number of hydrogen-bond acceptors (Lipinski definition) is 4. The molecule has 1 aromatic heterocycles. The van der Waals surface area contributed by atoms with Gasteiger partial charge in [0, 0.05) is 26.3 Å². The molecule has 1 saturated heterocycles. The molecule has 1 fully saturated rings. The van der Waals surface area contributed by atoms with E-state index >= 15 is 0 Å². The molecular formula is C12H15N3O3. The minimum Gasteiger partial charge on any atom is -0.478 e. The Morgan fingerprint density at radius 1 is 1.44 bits per heavy atom. The van der Waals surface area contributed by atoms with Crippen molar-refractivity contribution in [2.45, 2.75) is 6.42 Å². The van der Waals surface area contributed by atoms with Gasteiger partial charge in [0.1, 0.15) is 0 Å². The molecule has 1 amide bonds. The molecule has 6 heteroatoms. The molecule has 0 unspecified atom stereocenters. The number of carbonyl (C=O) groups excluding carboxylic acids is 1. The van der Waals surface area contributed by atoms with Crippen LogP contribution in [0.3, 0.4) is 0 Å². The first-order chi connectivity index (χ1) is 8.59. The number of carboxylic acid groups (broad SMARTS) is 1. The second kappa shape index (κ2) is 5.03. The standard InChI is InChI=1S/C12H15N3O3/c1-14-5-2-6-15(8-11(14)16)10-7-13-4-3-9(10)12(17)18/h3-4,7H,2,5-6,8H2,1H3,(H,17,18). The van der Waals surface area contributed by atoms with E-state index < -0.39 is 5.97 Å². The number of hydrogen-bond donors (Lipinski definition) is 1. The lowest BCUT2D eigenvalue weighted by Crippen LogP contribution is -2.35. The van der Waals surface area contributed by atoms with Gasteiger partial charge in [-0.15, -0.1) is 0 Å². The van der Waals surface area contributed by atoms with Gasteiger partial charge in [-0.1, -0.05) is 0 Å². The molecule has 1 aromatic rings. The number of aromatic carboxylic acids is 1. The number of carbonyl (C=O) groups is 2. The van der Waals surface area contributed by atoms with E-state index in [1.54, 1.807) is 16.8 Å². The average Bonchev–Trinajstić information content (AvgIpc) is 2.52. The van der Waals surface area contributed by atoms with Gasteiger partial charge in [-0.2, -0.15) is 0 Å². The van der Waals surface area contributed by atoms with E-state index in [-0.39, 0.29) is 18.0 Å². The highest BCUT2D eigenvalue weighted by atomic mass is 16.4. The molecule has 0 aliphatic carbocycles. The van der Waals surface area contributed by atoms with Crippen molar-refractivity contribution >= 4 is 17.6 Å². The number of pyridine rings is 1. The van der Waals surface area contributed by atoms with Crippen molar-refractivity contribution in [3.8, 4) is 0 Å². The Balaban J connectivity index is 2.31. The van der Waals surface area contributed by atoms with E-state index in [1.165, 1.54) is 18.5 Å². The maximum atomic E-state index is 11.8. The number of amides is 1. The highest BCUT2D eigenvalue weighted by Gasteiger charge is 2.22. The lowest BCUT2D eigenvalue weighted by Gasteiger charge is -2.22. The van der Waals surface area contributed by atoms with Gasteiger partial charge in [-0.25, -0.2) is 4.79 Å². The van der Waals surface area contributed by atoms with E-state index in [0.717, 1.165) is 6.42 Å². The number of aromatic nitrogens is 1. The third-order valence-corrected chi connectivity index (χ3v) is 3.04. The Bertz CT molecular complexity index is 475. The summed E-state index contributed by atoms with van der Waals surface area (Å²) in [5.41, 5.74) is 0.691. The summed E-state index contributed by atoms with van der Waals surface area (Å²) < 4.78 is 0. The predicted octanol–water partition coefficient (Wildman–Crippen LogP) is 0.448. The van der Waals surface area contributed by atoms with Crippen molar-refractivity contribution in [2.75, 3.05) is 31.6 Å². The van der Waals surface area contributed by atoms with Gasteiger partial charge in [-0.3, -0.25) is 9.78 Å². The van der Waals surface area contributed by atoms with Gasteiger partial charge in [0.15, 0.2) is 0 Å². The molecule has 0 spiro atoms. The maximum Gasteiger partial charge on any atom is 0.337 e. The Morgan fingerprint density at radius 2 is 2.22 bits per heavy atom. The third-order valence-electron chi connectivity index (χ3n) is 3.04. The number of likely N-dealkylation sites (N-methyl/N-ethyl adjacent to an activating group) is 1. The van der Waals surface area contributed by atoms with E-state index in [1.807, 2.05) is 0 Å². The van der Waals surface area contributed by atoms with Crippen LogP contribution in [0.25, 0.3) is 0 Å². The zero-order valence-electron chi connectivity index (χ0n) is 10.2. The van der Waals surface area contributed by atoms with E-state index in [2.05, 4.69) is 4.98 Å². The van der Waals surface area contributed by atoms with Crippen LogP contribution in [0.4, 0.5) is 5.69 Å². The van der Waals surface area contributed by atoms with Gasteiger partial charge in [0.05, 0.1) is 24.0 Å². The highest BCUT2D eigenvalue weighted by Crippen LogP contribution is 2.20. The van der Waals surface area contributed by atoms with Crippen molar-refractivity contribution in [1.29, 1.82) is 0 Å². The van der Waals surface area contributed by atoms with Crippen LogP contribution in [0.1, 0.15) is 16.8 Å². The highest BCUT2D eigenvalue weighted by molar-refractivity contribution is 5.95. The minimum absolute atomic E-state index is 0.00677. The molecule has 1 aliphatic rings. The molecule has 0 atom stereocenters. The van der Waals surface area contributed by atoms with Gasteiger partial charge in [-0.05, 0) is 12.5 Å². The largest absolute Gasteiger partial charge is 0.478 e. The molecule has 0 aromatic carbocycles. The van der Waals surface area contributed by atoms with Gasteiger partial charge in [0.2, 0.25) is 5.91 Å². The summed E-state index contributed by atoms with van der Waals surface area (Å²) in [6, 6.07) is 1.46. The van der Waals surface area contributed by atoms with Crippen LogP contribution < -0.4 is 4.90 Å². The van der Waals surface area contributed by atoms with Crippen molar-refractivity contribution in [3.63, 3.8) is 0 Å². The van der Waals surface area contributed by atoms with Crippen LogP contribution in [0.5, 0.6) is 0 Å². The van der Waals surface area contributed by atoms with E-state index in [0.29, 0.717) is 18.8 Å². The molecule has 2 rings (SSSR count). The summed E-state index contributed by atoms with van der Waals surface area (Å²) in [7, 11) is 1.76. The summed E-state index contributed by atoms with van der Waals surface area (Å²) in [4.78, 5) is 30.3. The molecule has 96 valence electrons. The molecule has 1 aliphatic heterocycles. The molecular weight excluding hydrogens is 234 g/mol. The normalized spacial score (nSPS) is 16.6. The Labute approximate surface area is 105 Å². The lowest BCUT2D eigenvalue weighted by atomic mass is 10.2. The van der Waals surface area contributed by atoms with Crippen molar-refractivity contribution in [3.05, 3.63) is 24.0 Å². The van der Waals surface area contributed by atoms with Crippen LogP contribution in [0, 0.1) is 0 Å². The Morgan fingerprint density at radius 3 is 2.94 bits per heavy atom. The third kappa shape index (κ3) is 2.42. The Kier molecular flexibility index (Phi) is 3.45. The van der Waals surface area contributed by atoms with Crippen LogP contribution in [0.15, 0.2) is 18.5 Å². The smallest absolute Gasteiger partial charge is 0.337 e. The summed E-state index contributed by atoms with van der Waals surface area (Å²) >= 11 is 0. The minimum atomic E-state index is -1.00. The summed E-state index contributed by atoms with van der Waals surface area (Å²) in [5.74, 6) is -1.01. The van der Waals surface area contributed by atoms with Crippen LogP contribution in [0.2, 0.25) is 0 Å². The monoisotopic (exact) mass is 249 g/mol. The predicted molar refractivity (Wildman–Crippen MR) is 65.7 cm³/mol. The van der Waals surface area contributed by atoms with E-state index in [4.69, 9.17) is 5.11 Å². The molecule has 18 heavy (non-hydrogen) atoms. The zero-order chi connectivity index (χ0) is 13.1. The summed E-state index contributed by atoms with van der Waals surface area (Å²) in [6.45, 7) is 1.54. The average molecular weight is 249 g/mol. The fourth-order valence-corrected chi connectivity index (χ4v) is 2.01. The van der Waals surface area contributed by atoms with Crippen molar-refractivity contribution in [1.82, 2.24) is 9.88 Å². The number of nitrogens with zero attached hydrogens (tertiary/aromatic N) is 3. The van der Waals surface area contributed by atoms with Crippen LogP contribution in [-0.2, 0) is 4.79 Å². The lowest BCUT2D eigenvalue weighted by molar-refractivity contribution is -0.127. The quantitative estimate of drug-likeness (QED) is 0.823. The van der Waals surface area contributed by atoms with Gasteiger partial charge in [0.25, 0.3) is 0 Å². The molecule has 0 bridgehead atoms. The van der Waals surface area contributed by atoms with Gasteiger partial charge >= 0.3 is 5.97 Å². The SMILES string of the molecule is CN1CCCN(c2cnccc2C(=O)O)CC1=O. The molecule has 0 saturated carbocycles. The maximum absolute atomic E-state index is 11.8. The zero-order valence-corrected chi connectivity index (χ0v) is 10.2. The topological polar surface area (TPSA) is 73.7 Å². The molecule has 6 nitrogen and oxygen atoms in total. The van der Waals surface area contributed by atoms with E-state index in [9.17, 15) is 9.59 Å². The molecule has 1 N–H and O–H groups in total. The fourth-order valence-electron chi connectivity index (χ4n) is 2.01. The molecule has 0 radical (unpaired) electrons. The van der Waals surface area contributed by atoms with Gasteiger partial charge < -0.3 is 14.9 Å². The number of rotatable bonds is 2. The second-order valence-electron chi connectivity index (χ2n) is 4.29. The first-order valence-corrected chi connectivity index (χ1v) is 5.76. The van der Waals surface area contributed by atoms with Crippen molar-refractivity contribution < 1.29 is 14.7 Å². The molecule has 2 heterocycles. The number of anilines is 1. The first kappa shape index (κ1) is 12.3. The Hall–Kier alpha value is -2.11.